The second-order valence-corrected chi connectivity index (χ2v) is 4.92. The maximum atomic E-state index is 11.0. The van der Waals surface area contributed by atoms with Gasteiger partial charge in [-0.15, -0.1) is 0 Å². The highest BCUT2D eigenvalue weighted by Gasteiger charge is 2.04. The Morgan fingerprint density at radius 1 is 1.42 bits per heavy atom. The Bertz CT molecular complexity index is 419. The average Bonchev–Trinajstić information content (AvgIpc) is 2.34. The minimum absolute atomic E-state index is 0.420. The molecule has 5 nitrogen and oxygen atoms in total. The second kappa shape index (κ2) is 7.63. The third-order valence-electron chi connectivity index (χ3n) is 2.57. The monoisotopic (exact) mass is 265 g/mol. The third kappa shape index (κ3) is 5.61. The van der Waals surface area contributed by atoms with Crippen molar-refractivity contribution in [3.63, 3.8) is 0 Å². The number of benzene rings is 1. The highest BCUT2D eigenvalue weighted by Crippen LogP contribution is 2.19. The molecule has 0 radical (unpaired) electrons. The van der Waals surface area contributed by atoms with E-state index in [4.69, 9.17) is 16.2 Å². The Morgan fingerprint density at radius 3 is 2.74 bits per heavy atom. The molecule has 5 N–H and O–H groups in total. The van der Waals surface area contributed by atoms with Gasteiger partial charge < -0.3 is 21.5 Å². The lowest BCUT2D eigenvalue weighted by atomic mass is 10.1. The number of anilines is 2. The molecule has 1 aromatic carbocycles. The molecule has 0 saturated heterocycles. The summed E-state index contributed by atoms with van der Waals surface area (Å²) in [7, 11) is 0. The molecule has 19 heavy (non-hydrogen) atoms. The number of carbonyl (C=O) groups is 1. The van der Waals surface area contributed by atoms with Crippen LogP contribution in [-0.4, -0.2) is 25.7 Å². The molecule has 0 aliphatic heterocycles. The summed E-state index contributed by atoms with van der Waals surface area (Å²) in [4.78, 5) is 11.0. The van der Waals surface area contributed by atoms with E-state index in [-0.39, 0.29) is 0 Å². The largest absolute Gasteiger partial charge is 0.397 e. The van der Waals surface area contributed by atoms with Gasteiger partial charge in [0.15, 0.2) is 0 Å². The Balaban J connectivity index is 2.32. The third-order valence-corrected chi connectivity index (χ3v) is 2.57. The van der Waals surface area contributed by atoms with Gasteiger partial charge in [0, 0.05) is 25.3 Å². The molecule has 0 aliphatic rings. The van der Waals surface area contributed by atoms with Crippen molar-refractivity contribution in [3.05, 3.63) is 23.8 Å². The zero-order valence-corrected chi connectivity index (χ0v) is 11.6. The molecule has 1 aromatic rings. The Morgan fingerprint density at radius 2 is 2.16 bits per heavy atom. The first kappa shape index (κ1) is 15.3. The maximum absolute atomic E-state index is 11.0. The Hall–Kier alpha value is -1.75. The second-order valence-electron chi connectivity index (χ2n) is 4.92. The molecule has 5 heteroatoms. The summed E-state index contributed by atoms with van der Waals surface area (Å²) >= 11 is 0. The molecule has 0 fully saturated rings. The van der Waals surface area contributed by atoms with Crippen molar-refractivity contribution in [2.75, 3.05) is 30.8 Å². The van der Waals surface area contributed by atoms with Gasteiger partial charge in [-0.1, -0.05) is 13.8 Å². The predicted octanol–water partition coefficient (Wildman–Crippen LogP) is 1.84. The minimum atomic E-state index is -0.472. The first-order valence-corrected chi connectivity index (χ1v) is 6.51. The summed E-state index contributed by atoms with van der Waals surface area (Å²) in [6, 6.07) is 5.01. The van der Waals surface area contributed by atoms with Crippen LogP contribution < -0.4 is 16.8 Å². The van der Waals surface area contributed by atoms with E-state index in [1.54, 1.807) is 18.2 Å². The fourth-order valence-electron chi connectivity index (χ4n) is 1.59. The van der Waals surface area contributed by atoms with Crippen LogP contribution in [0.1, 0.15) is 30.6 Å². The topological polar surface area (TPSA) is 90.4 Å². The zero-order chi connectivity index (χ0) is 14.3. The summed E-state index contributed by atoms with van der Waals surface area (Å²) in [5, 5.41) is 3.21. The van der Waals surface area contributed by atoms with Gasteiger partial charge in [-0.05, 0) is 30.5 Å². The Kier molecular flexibility index (Phi) is 6.15. The molecule has 106 valence electrons. The fourth-order valence-corrected chi connectivity index (χ4v) is 1.59. The van der Waals surface area contributed by atoms with E-state index in [9.17, 15) is 4.79 Å². The smallest absolute Gasteiger partial charge is 0.248 e. The van der Waals surface area contributed by atoms with Crippen molar-refractivity contribution >= 4 is 17.3 Å². The van der Waals surface area contributed by atoms with E-state index >= 15 is 0 Å². The van der Waals surface area contributed by atoms with Crippen molar-refractivity contribution < 1.29 is 9.53 Å². The number of ether oxygens (including phenoxy) is 1. The van der Waals surface area contributed by atoms with E-state index < -0.39 is 5.91 Å². The SMILES string of the molecule is CC(C)COCCCNc1ccc(C(N)=O)cc1N. The van der Waals surface area contributed by atoms with Crippen molar-refractivity contribution in [2.24, 2.45) is 11.7 Å². The number of carbonyl (C=O) groups excluding carboxylic acids is 1. The highest BCUT2D eigenvalue weighted by atomic mass is 16.5. The van der Waals surface area contributed by atoms with Crippen molar-refractivity contribution in [1.82, 2.24) is 0 Å². The van der Waals surface area contributed by atoms with Crippen molar-refractivity contribution in [1.29, 1.82) is 0 Å². The standard InChI is InChI=1S/C14H23N3O2/c1-10(2)9-19-7-3-6-17-13-5-4-11(14(16)18)8-12(13)15/h4-5,8,10,17H,3,6-7,9,15H2,1-2H3,(H2,16,18). The molecule has 0 unspecified atom stereocenters. The van der Waals surface area contributed by atoms with Crippen LogP contribution in [0.2, 0.25) is 0 Å². The summed E-state index contributed by atoms with van der Waals surface area (Å²) < 4.78 is 5.48. The van der Waals surface area contributed by atoms with E-state index in [0.717, 1.165) is 31.9 Å². The van der Waals surface area contributed by atoms with Gasteiger partial charge in [0.2, 0.25) is 5.91 Å². The Labute approximate surface area is 114 Å². The van der Waals surface area contributed by atoms with Gasteiger partial charge in [0.05, 0.1) is 11.4 Å². The zero-order valence-electron chi connectivity index (χ0n) is 11.6. The molecule has 0 saturated carbocycles. The number of hydrogen-bond donors (Lipinski definition) is 3. The van der Waals surface area contributed by atoms with Crippen LogP contribution in [-0.2, 0) is 4.74 Å². The first-order valence-electron chi connectivity index (χ1n) is 6.51. The molecule has 1 amide bonds. The number of hydrogen-bond acceptors (Lipinski definition) is 4. The maximum Gasteiger partial charge on any atom is 0.248 e. The molecule has 0 aliphatic carbocycles. The van der Waals surface area contributed by atoms with E-state index in [2.05, 4.69) is 19.2 Å². The van der Waals surface area contributed by atoms with Crippen LogP contribution in [0.4, 0.5) is 11.4 Å². The summed E-state index contributed by atoms with van der Waals surface area (Å²) in [5.41, 5.74) is 12.8. The lowest BCUT2D eigenvalue weighted by Gasteiger charge is -2.11. The minimum Gasteiger partial charge on any atom is -0.397 e. The number of nitrogens with one attached hydrogen (secondary N) is 1. The molecule has 1 rings (SSSR count). The van der Waals surface area contributed by atoms with Crippen LogP contribution in [0, 0.1) is 5.92 Å². The van der Waals surface area contributed by atoms with Crippen LogP contribution in [0.5, 0.6) is 0 Å². The number of amides is 1. The first-order chi connectivity index (χ1) is 9.00. The van der Waals surface area contributed by atoms with E-state index in [1.807, 2.05) is 0 Å². The van der Waals surface area contributed by atoms with Gasteiger partial charge in [-0.25, -0.2) is 0 Å². The van der Waals surface area contributed by atoms with Crippen LogP contribution >= 0.6 is 0 Å². The van der Waals surface area contributed by atoms with Crippen LogP contribution in [0.3, 0.4) is 0 Å². The summed E-state index contributed by atoms with van der Waals surface area (Å²) in [6.07, 6.45) is 0.906. The molecule has 0 bridgehead atoms. The van der Waals surface area contributed by atoms with Crippen molar-refractivity contribution in [2.45, 2.75) is 20.3 Å². The molecule has 0 atom stereocenters. The number of nitrogens with two attached hydrogens (primary N) is 2. The van der Waals surface area contributed by atoms with E-state index in [0.29, 0.717) is 17.2 Å². The van der Waals surface area contributed by atoms with Gasteiger partial charge >= 0.3 is 0 Å². The summed E-state index contributed by atoms with van der Waals surface area (Å²) in [5.74, 6) is 0.0882. The average molecular weight is 265 g/mol. The fraction of sp³-hybridized carbons (Fsp3) is 0.500. The number of rotatable bonds is 8. The molecular formula is C14H23N3O2. The van der Waals surface area contributed by atoms with Gasteiger partial charge in [-0.2, -0.15) is 0 Å². The normalized spacial score (nSPS) is 10.7. The summed E-state index contributed by atoms with van der Waals surface area (Å²) in [6.45, 7) is 6.54. The number of nitrogen functional groups attached to an aromatic ring is 1. The van der Waals surface area contributed by atoms with Crippen LogP contribution in [0.15, 0.2) is 18.2 Å². The molecule has 0 aromatic heterocycles. The molecule has 0 heterocycles. The van der Waals surface area contributed by atoms with E-state index in [1.165, 1.54) is 0 Å². The van der Waals surface area contributed by atoms with Gasteiger partial charge in [0.25, 0.3) is 0 Å². The molecule has 0 spiro atoms. The number of primary amides is 1. The quantitative estimate of drug-likeness (QED) is 0.494. The van der Waals surface area contributed by atoms with Gasteiger partial charge in [0.1, 0.15) is 0 Å². The van der Waals surface area contributed by atoms with Crippen molar-refractivity contribution in [3.8, 4) is 0 Å². The molecular weight excluding hydrogens is 242 g/mol. The van der Waals surface area contributed by atoms with Gasteiger partial charge in [-0.3, -0.25) is 4.79 Å². The lowest BCUT2D eigenvalue weighted by molar-refractivity contribution is 0.100. The lowest BCUT2D eigenvalue weighted by Crippen LogP contribution is -2.13. The van der Waals surface area contributed by atoms with Crippen LogP contribution in [0.25, 0.3) is 0 Å². The predicted molar refractivity (Wildman–Crippen MR) is 78.1 cm³/mol. The highest BCUT2D eigenvalue weighted by molar-refractivity contribution is 5.94.